The third-order valence-corrected chi connectivity index (χ3v) is 2.58. The number of benzene rings is 1. The van der Waals surface area contributed by atoms with E-state index in [4.69, 9.17) is 22.1 Å². The van der Waals surface area contributed by atoms with Crippen LogP contribution in [0.3, 0.4) is 0 Å². The maximum atomic E-state index is 11.0. The number of aromatic nitrogens is 1. The molecule has 0 saturated heterocycles. The summed E-state index contributed by atoms with van der Waals surface area (Å²) in [6, 6.07) is 5.32. The van der Waals surface area contributed by atoms with Crippen molar-refractivity contribution < 1.29 is 14.5 Å². The lowest BCUT2D eigenvalue weighted by atomic mass is 10.2. The zero-order chi connectivity index (χ0) is 14.7. The van der Waals surface area contributed by atoms with Gasteiger partial charge >= 0.3 is 5.69 Å². The quantitative estimate of drug-likeness (QED) is 0.688. The number of pyridine rings is 1. The van der Waals surface area contributed by atoms with Gasteiger partial charge in [-0.15, -0.1) is 0 Å². The van der Waals surface area contributed by atoms with Gasteiger partial charge in [-0.3, -0.25) is 19.9 Å². The van der Waals surface area contributed by atoms with Crippen LogP contribution in [0, 0.1) is 10.1 Å². The normalized spacial score (nSPS) is 10.1. The van der Waals surface area contributed by atoms with E-state index in [9.17, 15) is 14.9 Å². The molecule has 0 saturated carbocycles. The third kappa shape index (κ3) is 3.01. The van der Waals surface area contributed by atoms with Crippen molar-refractivity contribution in [1.29, 1.82) is 0 Å². The van der Waals surface area contributed by atoms with Crippen molar-refractivity contribution in [2.24, 2.45) is 5.73 Å². The zero-order valence-electron chi connectivity index (χ0n) is 9.95. The van der Waals surface area contributed by atoms with Crippen LogP contribution < -0.4 is 10.5 Å². The van der Waals surface area contributed by atoms with Crippen molar-refractivity contribution in [1.82, 2.24) is 4.98 Å². The lowest BCUT2D eigenvalue weighted by Gasteiger charge is -2.06. The number of halogens is 1. The van der Waals surface area contributed by atoms with Crippen LogP contribution in [0.2, 0.25) is 5.02 Å². The molecule has 1 amide bonds. The third-order valence-electron chi connectivity index (χ3n) is 2.34. The molecular weight excluding hydrogens is 286 g/mol. The second kappa shape index (κ2) is 5.54. The van der Waals surface area contributed by atoms with E-state index >= 15 is 0 Å². The van der Waals surface area contributed by atoms with E-state index < -0.39 is 10.8 Å². The summed E-state index contributed by atoms with van der Waals surface area (Å²) < 4.78 is 5.35. The van der Waals surface area contributed by atoms with Crippen molar-refractivity contribution in [3.8, 4) is 11.5 Å². The number of nitrogens with two attached hydrogens (primary N) is 1. The Morgan fingerprint density at radius 2 is 2.10 bits per heavy atom. The van der Waals surface area contributed by atoms with Gasteiger partial charge in [-0.1, -0.05) is 11.6 Å². The minimum Gasteiger partial charge on any atom is -0.448 e. The maximum absolute atomic E-state index is 11.0. The highest BCUT2D eigenvalue weighted by atomic mass is 35.5. The fraction of sp³-hybridized carbons (Fsp3) is 0. The smallest absolute Gasteiger partial charge is 0.313 e. The molecule has 0 radical (unpaired) electrons. The van der Waals surface area contributed by atoms with E-state index in [-0.39, 0.29) is 27.8 Å². The molecule has 2 N–H and O–H groups in total. The zero-order valence-corrected chi connectivity index (χ0v) is 10.7. The Morgan fingerprint density at radius 3 is 2.75 bits per heavy atom. The van der Waals surface area contributed by atoms with Gasteiger partial charge in [0.15, 0.2) is 0 Å². The molecule has 0 unspecified atom stereocenters. The van der Waals surface area contributed by atoms with E-state index in [0.717, 1.165) is 0 Å². The highest BCUT2D eigenvalue weighted by Gasteiger charge is 2.17. The maximum Gasteiger partial charge on any atom is 0.313 e. The van der Waals surface area contributed by atoms with Gasteiger partial charge in [0.25, 0.3) is 0 Å². The number of nitro benzene ring substituents is 1. The van der Waals surface area contributed by atoms with Crippen molar-refractivity contribution in [3.63, 3.8) is 0 Å². The van der Waals surface area contributed by atoms with Crippen LogP contribution >= 0.6 is 11.6 Å². The predicted molar refractivity (Wildman–Crippen MR) is 70.9 cm³/mol. The Kier molecular flexibility index (Phi) is 3.81. The molecule has 0 aliphatic carbocycles. The minimum atomic E-state index is -0.673. The molecule has 0 aliphatic rings. The molecule has 0 spiro atoms. The predicted octanol–water partition coefficient (Wildman–Crippen LogP) is 2.53. The summed E-state index contributed by atoms with van der Waals surface area (Å²) >= 11 is 5.70. The van der Waals surface area contributed by atoms with Crippen LogP contribution in [0.1, 0.15) is 10.4 Å². The van der Waals surface area contributed by atoms with Gasteiger partial charge in [-0.05, 0) is 18.2 Å². The van der Waals surface area contributed by atoms with Gasteiger partial charge < -0.3 is 10.5 Å². The Hall–Kier alpha value is -2.67. The number of carbonyl (C=O) groups excluding carboxylic acids is 1. The summed E-state index contributed by atoms with van der Waals surface area (Å²) in [6.45, 7) is 0. The summed E-state index contributed by atoms with van der Waals surface area (Å²) in [5.41, 5.74) is 4.96. The van der Waals surface area contributed by atoms with Gasteiger partial charge in [-0.25, -0.2) is 0 Å². The molecule has 0 aliphatic heterocycles. The molecule has 0 atom stereocenters. The Bertz CT molecular complexity index is 690. The highest BCUT2D eigenvalue weighted by Crippen LogP contribution is 2.33. The number of rotatable bonds is 4. The summed E-state index contributed by atoms with van der Waals surface area (Å²) in [5, 5.41) is 11.1. The van der Waals surface area contributed by atoms with Crippen LogP contribution in [0.15, 0.2) is 36.7 Å². The molecule has 2 rings (SSSR count). The van der Waals surface area contributed by atoms with Gasteiger partial charge in [0.05, 0.1) is 16.7 Å². The van der Waals surface area contributed by atoms with E-state index in [1.807, 2.05) is 0 Å². The fourth-order valence-electron chi connectivity index (χ4n) is 1.46. The number of primary amides is 1. The molecule has 2 aromatic rings. The van der Waals surface area contributed by atoms with Crippen molar-refractivity contribution >= 4 is 23.2 Å². The number of amides is 1. The minimum absolute atomic E-state index is 0.0113. The Labute approximate surface area is 118 Å². The molecule has 7 nitrogen and oxygen atoms in total. The van der Waals surface area contributed by atoms with Gasteiger partial charge in [0.2, 0.25) is 11.7 Å². The number of nitrogens with zero attached hydrogens (tertiary/aromatic N) is 2. The molecule has 0 fully saturated rings. The summed E-state index contributed by atoms with van der Waals surface area (Å²) in [6.07, 6.45) is 2.58. The average Bonchev–Trinajstić information content (AvgIpc) is 2.41. The first kappa shape index (κ1) is 13.8. The molecular formula is C12H8ClN3O4. The molecule has 102 valence electrons. The Balaban J connectivity index is 2.37. The van der Waals surface area contributed by atoms with E-state index in [0.29, 0.717) is 0 Å². The summed E-state index contributed by atoms with van der Waals surface area (Å²) in [7, 11) is 0. The first-order valence-electron chi connectivity index (χ1n) is 5.34. The SMILES string of the molecule is NC(=O)c1cncc(Oc2ccc(Cl)cc2[N+](=O)[O-])c1. The molecule has 1 aromatic heterocycles. The monoisotopic (exact) mass is 293 g/mol. The van der Waals surface area contributed by atoms with Crippen LogP contribution in [-0.2, 0) is 0 Å². The van der Waals surface area contributed by atoms with E-state index in [1.54, 1.807) is 0 Å². The summed E-state index contributed by atoms with van der Waals surface area (Å²) in [4.78, 5) is 25.1. The average molecular weight is 294 g/mol. The van der Waals surface area contributed by atoms with Crippen LogP contribution in [-0.4, -0.2) is 15.8 Å². The topological polar surface area (TPSA) is 108 Å². The van der Waals surface area contributed by atoms with Crippen molar-refractivity contribution in [2.45, 2.75) is 0 Å². The number of nitro groups is 1. The fourth-order valence-corrected chi connectivity index (χ4v) is 1.62. The van der Waals surface area contributed by atoms with Crippen LogP contribution in [0.25, 0.3) is 0 Å². The number of carbonyl (C=O) groups is 1. The largest absolute Gasteiger partial charge is 0.448 e. The lowest BCUT2D eigenvalue weighted by Crippen LogP contribution is -2.11. The number of hydrogen-bond donors (Lipinski definition) is 1. The standard InChI is InChI=1S/C12H8ClN3O4/c13-8-1-2-11(10(4-8)16(18)19)20-9-3-7(12(14)17)5-15-6-9/h1-6H,(H2,14,17). The lowest BCUT2D eigenvalue weighted by molar-refractivity contribution is -0.385. The molecule has 0 bridgehead atoms. The highest BCUT2D eigenvalue weighted by molar-refractivity contribution is 6.30. The number of ether oxygens (including phenoxy) is 1. The van der Waals surface area contributed by atoms with Gasteiger partial charge in [-0.2, -0.15) is 0 Å². The second-order valence-electron chi connectivity index (χ2n) is 3.74. The van der Waals surface area contributed by atoms with Crippen molar-refractivity contribution in [2.75, 3.05) is 0 Å². The Morgan fingerprint density at radius 1 is 1.35 bits per heavy atom. The second-order valence-corrected chi connectivity index (χ2v) is 4.18. The summed E-state index contributed by atoms with van der Waals surface area (Å²) in [5.74, 6) is -0.525. The molecule has 8 heteroatoms. The van der Waals surface area contributed by atoms with Crippen LogP contribution in [0.4, 0.5) is 5.69 Å². The van der Waals surface area contributed by atoms with Gasteiger partial charge in [0, 0.05) is 17.3 Å². The van der Waals surface area contributed by atoms with Gasteiger partial charge in [0.1, 0.15) is 5.75 Å². The van der Waals surface area contributed by atoms with E-state index in [1.165, 1.54) is 36.7 Å². The molecule has 1 aromatic carbocycles. The molecule has 1 heterocycles. The molecule has 20 heavy (non-hydrogen) atoms. The first-order valence-corrected chi connectivity index (χ1v) is 5.72. The van der Waals surface area contributed by atoms with E-state index in [2.05, 4.69) is 4.98 Å². The first-order chi connectivity index (χ1) is 9.47. The number of hydrogen-bond acceptors (Lipinski definition) is 5. The van der Waals surface area contributed by atoms with Crippen LogP contribution in [0.5, 0.6) is 11.5 Å². The van der Waals surface area contributed by atoms with Crippen molar-refractivity contribution in [3.05, 3.63) is 57.4 Å².